The van der Waals surface area contributed by atoms with Crippen molar-refractivity contribution in [2.45, 2.75) is 19.4 Å². The second-order valence-electron chi connectivity index (χ2n) is 5.10. The van der Waals surface area contributed by atoms with Crippen LogP contribution in [0.3, 0.4) is 0 Å². The molecule has 21 heavy (non-hydrogen) atoms. The fourth-order valence-electron chi connectivity index (χ4n) is 2.85. The number of hydrogen-bond acceptors (Lipinski definition) is 3. The van der Waals surface area contributed by atoms with Crippen molar-refractivity contribution in [3.05, 3.63) is 77.6 Å². The number of pyridine rings is 1. The number of nitrogens with one attached hydrogen (secondary N) is 1. The van der Waals surface area contributed by atoms with E-state index < -0.39 is 0 Å². The van der Waals surface area contributed by atoms with Crippen LogP contribution in [0.1, 0.15) is 29.7 Å². The Kier molecular flexibility index (Phi) is 3.95. The van der Waals surface area contributed by atoms with Crippen molar-refractivity contribution >= 4 is 10.8 Å². The minimum atomic E-state index is -0.0558. The standard InChI is InChI=1S/C18H19N3/c1-2-13-7-3-6-10-16(13)18(21-19)17-12-20-11-14-8-4-5-9-15(14)17/h3-12,18,21H,2,19H2,1H3. The average Bonchev–Trinajstić information content (AvgIpc) is 2.56. The zero-order valence-corrected chi connectivity index (χ0v) is 12.1. The topological polar surface area (TPSA) is 50.9 Å². The second-order valence-corrected chi connectivity index (χ2v) is 5.10. The summed E-state index contributed by atoms with van der Waals surface area (Å²) in [5.74, 6) is 5.87. The monoisotopic (exact) mass is 277 g/mol. The lowest BCUT2D eigenvalue weighted by atomic mass is 9.92. The summed E-state index contributed by atoms with van der Waals surface area (Å²) in [5.41, 5.74) is 6.58. The number of nitrogens with two attached hydrogens (primary N) is 1. The first-order valence-electron chi connectivity index (χ1n) is 7.21. The molecule has 0 radical (unpaired) electrons. The van der Waals surface area contributed by atoms with Gasteiger partial charge in [-0.3, -0.25) is 10.8 Å². The van der Waals surface area contributed by atoms with Crippen molar-refractivity contribution < 1.29 is 0 Å². The normalized spacial score (nSPS) is 12.5. The number of aryl methyl sites for hydroxylation is 1. The van der Waals surface area contributed by atoms with Crippen LogP contribution >= 0.6 is 0 Å². The third-order valence-electron chi connectivity index (χ3n) is 3.92. The molecule has 1 unspecified atom stereocenters. The Morgan fingerprint density at radius 3 is 2.57 bits per heavy atom. The summed E-state index contributed by atoms with van der Waals surface area (Å²) in [6.07, 6.45) is 4.77. The molecule has 2 aromatic carbocycles. The van der Waals surface area contributed by atoms with Gasteiger partial charge in [-0.2, -0.15) is 0 Å². The summed E-state index contributed by atoms with van der Waals surface area (Å²) in [7, 11) is 0. The first kappa shape index (κ1) is 13.7. The van der Waals surface area contributed by atoms with Crippen molar-refractivity contribution in [2.24, 2.45) is 5.84 Å². The maximum absolute atomic E-state index is 5.87. The van der Waals surface area contributed by atoms with Gasteiger partial charge in [0.15, 0.2) is 0 Å². The molecule has 1 aromatic heterocycles. The Labute approximate surface area is 124 Å². The van der Waals surface area contributed by atoms with Crippen LogP contribution in [0.2, 0.25) is 0 Å². The summed E-state index contributed by atoms with van der Waals surface area (Å²) in [6, 6.07) is 16.6. The first-order chi connectivity index (χ1) is 10.3. The molecule has 106 valence electrons. The summed E-state index contributed by atoms with van der Waals surface area (Å²) < 4.78 is 0. The Bertz CT molecular complexity index is 747. The van der Waals surface area contributed by atoms with Crippen LogP contribution in [-0.2, 0) is 6.42 Å². The van der Waals surface area contributed by atoms with E-state index in [-0.39, 0.29) is 6.04 Å². The molecule has 3 N–H and O–H groups in total. The molecule has 0 amide bonds. The molecule has 0 spiro atoms. The Hall–Kier alpha value is -2.23. The third kappa shape index (κ3) is 2.53. The fourth-order valence-corrected chi connectivity index (χ4v) is 2.85. The van der Waals surface area contributed by atoms with Gasteiger partial charge >= 0.3 is 0 Å². The minimum Gasteiger partial charge on any atom is -0.271 e. The maximum Gasteiger partial charge on any atom is 0.0733 e. The summed E-state index contributed by atoms with van der Waals surface area (Å²) in [5, 5.41) is 2.31. The van der Waals surface area contributed by atoms with Gasteiger partial charge in [0.1, 0.15) is 0 Å². The van der Waals surface area contributed by atoms with Gasteiger partial charge in [0, 0.05) is 23.3 Å². The van der Waals surface area contributed by atoms with E-state index in [0.29, 0.717) is 0 Å². The van der Waals surface area contributed by atoms with Crippen LogP contribution in [0.4, 0.5) is 0 Å². The second kappa shape index (κ2) is 6.04. The van der Waals surface area contributed by atoms with Crippen LogP contribution in [-0.4, -0.2) is 4.98 Å². The van der Waals surface area contributed by atoms with E-state index >= 15 is 0 Å². The molecule has 3 heteroatoms. The van der Waals surface area contributed by atoms with Gasteiger partial charge in [-0.05, 0) is 22.9 Å². The van der Waals surface area contributed by atoms with Crippen molar-refractivity contribution in [3.8, 4) is 0 Å². The van der Waals surface area contributed by atoms with E-state index in [1.807, 2.05) is 24.5 Å². The van der Waals surface area contributed by atoms with Gasteiger partial charge in [0.25, 0.3) is 0 Å². The van der Waals surface area contributed by atoms with Gasteiger partial charge in [0.05, 0.1) is 6.04 Å². The van der Waals surface area contributed by atoms with Gasteiger partial charge < -0.3 is 0 Å². The lowest BCUT2D eigenvalue weighted by molar-refractivity contribution is 0.633. The Balaban J connectivity index is 2.19. The highest BCUT2D eigenvalue weighted by Crippen LogP contribution is 2.29. The van der Waals surface area contributed by atoms with E-state index in [1.54, 1.807) is 0 Å². The third-order valence-corrected chi connectivity index (χ3v) is 3.92. The summed E-state index contributed by atoms with van der Waals surface area (Å²) in [6.45, 7) is 2.16. The lowest BCUT2D eigenvalue weighted by Gasteiger charge is -2.21. The number of hydrazine groups is 1. The number of benzene rings is 2. The summed E-state index contributed by atoms with van der Waals surface area (Å²) in [4.78, 5) is 4.37. The van der Waals surface area contributed by atoms with E-state index in [9.17, 15) is 0 Å². The lowest BCUT2D eigenvalue weighted by Crippen LogP contribution is -2.29. The van der Waals surface area contributed by atoms with E-state index in [2.05, 4.69) is 53.7 Å². The SMILES string of the molecule is CCc1ccccc1C(NN)c1cncc2ccccc12. The van der Waals surface area contributed by atoms with Gasteiger partial charge in [0.2, 0.25) is 0 Å². The Morgan fingerprint density at radius 2 is 1.76 bits per heavy atom. The highest BCUT2D eigenvalue weighted by atomic mass is 15.2. The number of fused-ring (bicyclic) bond motifs is 1. The highest BCUT2D eigenvalue weighted by Gasteiger charge is 2.17. The molecule has 3 nitrogen and oxygen atoms in total. The van der Waals surface area contributed by atoms with Crippen molar-refractivity contribution in [1.29, 1.82) is 0 Å². The molecule has 0 saturated carbocycles. The molecule has 1 heterocycles. The first-order valence-corrected chi connectivity index (χ1v) is 7.21. The largest absolute Gasteiger partial charge is 0.271 e. The van der Waals surface area contributed by atoms with Crippen molar-refractivity contribution in [1.82, 2.24) is 10.4 Å². The molecule has 3 rings (SSSR count). The van der Waals surface area contributed by atoms with Crippen LogP contribution < -0.4 is 11.3 Å². The van der Waals surface area contributed by atoms with Crippen LogP contribution in [0.5, 0.6) is 0 Å². The predicted molar refractivity (Wildman–Crippen MR) is 86.7 cm³/mol. The minimum absolute atomic E-state index is 0.0558. The van der Waals surface area contributed by atoms with Gasteiger partial charge in [-0.25, -0.2) is 5.43 Å². The zero-order chi connectivity index (χ0) is 14.7. The molecule has 3 aromatic rings. The van der Waals surface area contributed by atoms with Gasteiger partial charge in [-0.1, -0.05) is 55.5 Å². The fraction of sp³-hybridized carbons (Fsp3) is 0.167. The number of rotatable bonds is 4. The molecule has 0 aliphatic heterocycles. The zero-order valence-electron chi connectivity index (χ0n) is 12.1. The molecule has 0 saturated heterocycles. The smallest absolute Gasteiger partial charge is 0.0733 e. The molecule has 1 atom stereocenters. The number of nitrogens with zero attached hydrogens (tertiary/aromatic N) is 1. The maximum atomic E-state index is 5.87. The molecular formula is C18H19N3. The van der Waals surface area contributed by atoms with Crippen LogP contribution in [0.15, 0.2) is 60.9 Å². The summed E-state index contributed by atoms with van der Waals surface area (Å²) >= 11 is 0. The molecule has 0 fully saturated rings. The quantitative estimate of drug-likeness (QED) is 0.568. The van der Waals surface area contributed by atoms with Crippen molar-refractivity contribution in [3.63, 3.8) is 0 Å². The number of aromatic nitrogens is 1. The van der Waals surface area contributed by atoms with E-state index in [4.69, 9.17) is 5.84 Å². The van der Waals surface area contributed by atoms with Crippen LogP contribution in [0.25, 0.3) is 10.8 Å². The van der Waals surface area contributed by atoms with Crippen molar-refractivity contribution in [2.75, 3.05) is 0 Å². The van der Waals surface area contributed by atoms with E-state index in [0.717, 1.165) is 17.4 Å². The molecule has 0 aliphatic carbocycles. The molecule has 0 aliphatic rings. The van der Waals surface area contributed by atoms with Gasteiger partial charge in [-0.15, -0.1) is 0 Å². The highest BCUT2D eigenvalue weighted by molar-refractivity contribution is 5.85. The predicted octanol–water partition coefficient (Wildman–Crippen LogP) is 3.35. The molecule has 0 bridgehead atoms. The van der Waals surface area contributed by atoms with Crippen LogP contribution in [0, 0.1) is 0 Å². The molecular weight excluding hydrogens is 258 g/mol. The number of hydrogen-bond donors (Lipinski definition) is 2. The Morgan fingerprint density at radius 1 is 1.00 bits per heavy atom. The average molecular weight is 277 g/mol. The van der Waals surface area contributed by atoms with E-state index in [1.165, 1.54) is 16.5 Å².